The van der Waals surface area contributed by atoms with Crippen molar-refractivity contribution >= 4 is 43.9 Å². The summed E-state index contributed by atoms with van der Waals surface area (Å²) in [5.74, 6) is -0.384. The fourth-order valence-electron chi connectivity index (χ4n) is 3.33. The van der Waals surface area contributed by atoms with E-state index in [-0.39, 0.29) is 17.2 Å². The van der Waals surface area contributed by atoms with Gasteiger partial charge in [0.1, 0.15) is 5.01 Å². The first-order chi connectivity index (χ1) is 14.6. The first kappa shape index (κ1) is 18.2. The van der Waals surface area contributed by atoms with E-state index in [1.165, 1.54) is 5.56 Å². The molecule has 0 unspecified atom stereocenters. The summed E-state index contributed by atoms with van der Waals surface area (Å²) >= 11 is 1.64. The third-order valence-corrected chi connectivity index (χ3v) is 5.91. The van der Waals surface area contributed by atoms with Crippen molar-refractivity contribution in [1.29, 1.82) is 0 Å². The predicted molar refractivity (Wildman–Crippen MR) is 120 cm³/mol. The van der Waals surface area contributed by atoms with Crippen molar-refractivity contribution in [3.63, 3.8) is 0 Å². The van der Waals surface area contributed by atoms with Crippen molar-refractivity contribution in [3.05, 3.63) is 88.3 Å². The Labute approximate surface area is 175 Å². The van der Waals surface area contributed by atoms with Crippen LogP contribution in [0.15, 0.2) is 71.5 Å². The molecule has 146 valence electrons. The molecule has 1 amide bonds. The molecule has 0 aliphatic rings. The molecule has 0 saturated heterocycles. The number of anilines is 1. The Morgan fingerprint density at radius 2 is 1.77 bits per heavy atom. The Morgan fingerprint density at radius 1 is 1.00 bits per heavy atom. The van der Waals surface area contributed by atoms with Crippen molar-refractivity contribution < 1.29 is 4.79 Å². The Kier molecular flexibility index (Phi) is 4.37. The SMILES string of the molecule is Cc1ccc2nc(-c3ccc(NC(=O)c4n[nH]c(=O)c5ccccc45)cc3)sc2c1. The third kappa shape index (κ3) is 3.25. The zero-order valence-electron chi connectivity index (χ0n) is 16.0. The maximum Gasteiger partial charge on any atom is 0.276 e. The topological polar surface area (TPSA) is 87.7 Å². The molecular formula is C23H16N4O2S. The molecule has 5 aromatic rings. The van der Waals surface area contributed by atoms with Crippen molar-refractivity contribution in [1.82, 2.24) is 15.2 Å². The smallest absolute Gasteiger partial charge is 0.276 e. The summed E-state index contributed by atoms with van der Waals surface area (Å²) in [6, 6.07) is 20.6. The molecule has 2 N–H and O–H groups in total. The zero-order valence-corrected chi connectivity index (χ0v) is 16.8. The summed E-state index contributed by atoms with van der Waals surface area (Å²) in [5.41, 5.74) is 3.67. The molecule has 7 heteroatoms. The zero-order chi connectivity index (χ0) is 20.7. The fourth-order valence-corrected chi connectivity index (χ4v) is 4.40. The molecule has 0 atom stereocenters. The summed E-state index contributed by atoms with van der Waals surface area (Å²) in [5, 5.41) is 11.0. The highest BCUT2D eigenvalue weighted by Crippen LogP contribution is 2.31. The summed E-state index contributed by atoms with van der Waals surface area (Å²) in [6.07, 6.45) is 0. The maximum atomic E-state index is 12.7. The predicted octanol–water partition coefficient (Wildman–Crippen LogP) is 4.76. The van der Waals surface area contributed by atoms with Gasteiger partial charge in [0.05, 0.1) is 15.6 Å². The number of fused-ring (bicyclic) bond motifs is 2. The molecule has 0 aliphatic heterocycles. The van der Waals surface area contributed by atoms with Gasteiger partial charge in [-0.2, -0.15) is 5.10 Å². The Hall–Kier alpha value is -3.84. The van der Waals surface area contributed by atoms with Crippen LogP contribution in [0.3, 0.4) is 0 Å². The van der Waals surface area contributed by atoms with E-state index in [0.717, 1.165) is 20.8 Å². The van der Waals surface area contributed by atoms with Gasteiger partial charge in [-0.1, -0.05) is 24.3 Å². The van der Waals surface area contributed by atoms with E-state index in [2.05, 4.69) is 34.6 Å². The number of rotatable bonds is 3. The van der Waals surface area contributed by atoms with E-state index in [4.69, 9.17) is 4.98 Å². The van der Waals surface area contributed by atoms with E-state index in [1.54, 1.807) is 35.6 Å². The number of benzene rings is 3. The standard InChI is InChI=1S/C23H16N4O2S/c1-13-6-11-18-19(12-13)30-23(25-18)14-7-9-15(10-8-14)24-22(29)20-16-4-2-3-5-17(16)21(28)27-26-20/h2-12H,1H3,(H,24,29)(H,27,28). The molecule has 0 saturated carbocycles. The van der Waals surface area contributed by atoms with Crippen LogP contribution in [0.2, 0.25) is 0 Å². The van der Waals surface area contributed by atoms with E-state index in [0.29, 0.717) is 16.5 Å². The highest BCUT2D eigenvalue weighted by molar-refractivity contribution is 7.21. The van der Waals surface area contributed by atoms with Gasteiger partial charge in [-0.15, -0.1) is 11.3 Å². The number of amides is 1. The normalized spacial score (nSPS) is 11.1. The van der Waals surface area contributed by atoms with Gasteiger partial charge in [0, 0.05) is 16.6 Å². The highest BCUT2D eigenvalue weighted by Gasteiger charge is 2.14. The van der Waals surface area contributed by atoms with Crippen LogP contribution in [-0.2, 0) is 0 Å². The number of carbonyl (C=O) groups is 1. The molecule has 0 aliphatic carbocycles. The summed E-state index contributed by atoms with van der Waals surface area (Å²) in [6.45, 7) is 2.07. The van der Waals surface area contributed by atoms with Gasteiger partial charge >= 0.3 is 0 Å². The van der Waals surface area contributed by atoms with Crippen molar-refractivity contribution in [2.75, 3.05) is 5.32 Å². The number of carbonyl (C=O) groups excluding carboxylic acids is 1. The van der Waals surface area contributed by atoms with Gasteiger partial charge in [-0.05, 0) is 55.0 Å². The molecule has 30 heavy (non-hydrogen) atoms. The van der Waals surface area contributed by atoms with Crippen LogP contribution in [0.5, 0.6) is 0 Å². The minimum absolute atomic E-state index is 0.177. The fraction of sp³-hybridized carbons (Fsp3) is 0.0435. The number of aromatic nitrogens is 3. The first-order valence-corrected chi connectivity index (χ1v) is 10.2. The molecule has 6 nitrogen and oxygen atoms in total. The van der Waals surface area contributed by atoms with E-state index in [1.807, 2.05) is 30.3 Å². The van der Waals surface area contributed by atoms with Crippen LogP contribution in [0, 0.1) is 6.92 Å². The molecule has 0 bridgehead atoms. The summed E-state index contributed by atoms with van der Waals surface area (Å²) in [7, 11) is 0. The highest BCUT2D eigenvalue weighted by atomic mass is 32.1. The van der Waals surface area contributed by atoms with Crippen LogP contribution in [0.4, 0.5) is 5.69 Å². The first-order valence-electron chi connectivity index (χ1n) is 9.35. The van der Waals surface area contributed by atoms with E-state index < -0.39 is 0 Å². The second-order valence-corrected chi connectivity index (χ2v) is 8.00. The monoisotopic (exact) mass is 412 g/mol. The lowest BCUT2D eigenvalue weighted by atomic mass is 10.1. The van der Waals surface area contributed by atoms with Gasteiger partial charge in [0.15, 0.2) is 5.69 Å². The number of aryl methyl sites for hydroxylation is 1. The van der Waals surface area contributed by atoms with Crippen LogP contribution in [-0.4, -0.2) is 21.1 Å². The van der Waals surface area contributed by atoms with Crippen LogP contribution in [0.25, 0.3) is 31.6 Å². The average molecular weight is 412 g/mol. The largest absolute Gasteiger partial charge is 0.321 e. The lowest BCUT2D eigenvalue weighted by Crippen LogP contribution is -2.19. The minimum Gasteiger partial charge on any atom is -0.321 e. The van der Waals surface area contributed by atoms with E-state index in [9.17, 15) is 9.59 Å². The number of H-pyrrole nitrogens is 1. The van der Waals surface area contributed by atoms with Gasteiger partial charge in [0.2, 0.25) is 0 Å². The number of nitrogens with one attached hydrogen (secondary N) is 2. The van der Waals surface area contributed by atoms with Crippen LogP contribution in [0.1, 0.15) is 16.1 Å². The maximum absolute atomic E-state index is 12.7. The van der Waals surface area contributed by atoms with Crippen molar-refractivity contribution in [2.45, 2.75) is 6.92 Å². The van der Waals surface area contributed by atoms with Gasteiger partial charge in [0.25, 0.3) is 11.5 Å². The van der Waals surface area contributed by atoms with Crippen LogP contribution < -0.4 is 10.9 Å². The second kappa shape index (κ2) is 7.20. The Bertz CT molecular complexity index is 1470. The van der Waals surface area contributed by atoms with Gasteiger partial charge in [-0.25, -0.2) is 10.1 Å². The van der Waals surface area contributed by atoms with Gasteiger partial charge in [-0.3, -0.25) is 9.59 Å². The third-order valence-electron chi connectivity index (χ3n) is 4.84. The molecule has 0 fully saturated rings. The van der Waals surface area contributed by atoms with E-state index >= 15 is 0 Å². The minimum atomic E-state index is -0.384. The second-order valence-electron chi connectivity index (χ2n) is 6.97. The Morgan fingerprint density at radius 3 is 2.57 bits per heavy atom. The lowest BCUT2D eigenvalue weighted by Gasteiger charge is -2.07. The summed E-state index contributed by atoms with van der Waals surface area (Å²) in [4.78, 5) is 29.3. The molecular weight excluding hydrogens is 396 g/mol. The number of aromatic amines is 1. The number of hydrogen-bond donors (Lipinski definition) is 2. The molecule has 2 heterocycles. The molecule has 0 spiro atoms. The number of hydrogen-bond acceptors (Lipinski definition) is 5. The van der Waals surface area contributed by atoms with Crippen molar-refractivity contribution in [3.8, 4) is 10.6 Å². The number of thiazole rings is 1. The van der Waals surface area contributed by atoms with Crippen LogP contribution >= 0.6 is 11.3 Å². The molecule has 0 radical (unpaired) electrons. The molecule has 2 aromatic heterocycles. The van der Waals surface area contributed by atoms with Gasteiger partial charge < -0.3 is 5.32 Å². The lowest BCUT2D eigenvalue weighted by molar-refractivity contribution is 0.102. The Balaban J connectivity index is 1.41. The molecule has 3 aromatic carbocycles. The average Bonchev–Trinajstić information content (AvgIpc) is 3.18. The molecule has 5 rings (SSSR count). The summed E-state index contributed by atoms with van der Waals surface area (Å²) < 4.78 is 1.15. The number of nitrogens with zero attached hydrogens (tertiary/aromatic N) is 2. The van der Waals surface area contributed by atoms with Crippen molar-refractivity contribution in [2.24, 2.45) is 0 Å². The quantitative estimate of drug-likeness (QED) is 0.447.